The van der Waals surface area contributed by atoms with Gasteiger partial charge in [-0.05, 0) is 25.7 Å². The van der Waals surface area contributed by atoms with Crippen LogP contribution in [0.15, 0.2) is 0 Å². The Morgan fingerprint density at radius 3 is 2.90 bits per heavy atom. The van der Waals surface area contributed by atoms with Crippen LogP contribution < -0.4 is 0 Å². The summed E-state index contributed by atoms with van der Waals surface area (Å²) in [5.41, 5.74) is 0. The van der Waals surface area contributed by atoms with E-state index in [1.54, 1.807) is 0 Å². The quantitative estimate of drug-likeness (QED) is 0.508. The van der Waals surface area contributed by atoms with Gasteiger partial charge < -0.3 is 4.74 Å². The van der Waals surface area contributed by atoms with Gasteiger partial charge in [-0.25, -0.2) is 0 Å². The molecule has 10 heavy (non-hydrogen) atoms. The molecule has 0 bridgehead atoms. The molecule has 1 nitrogen and oxygen atoms in total. The van der Waals surface area contributed by atoms with Gasteiger partial charge >= 0.3 is 0 Å². The second-order valence-corrected chi connectivity index (χ2v) is 3.61. The lowest BCUT2D eigenvalue weighted by atomic mass is 10.1. The summed E-state index contributed by atoms with van der Waals surface area (Å²) in [5.74, 6) is 0. The summed E-state index contributed by atoms with van der Waals surface area (Å²) >= 11 is 3.42. The Morgan fingerprint density at radius 1 is 1.40 bits per heavy atom. The molecule has 1 unspecified atom stereocenters. The molecule has 60 valence electrons. The van der Waals surface area contributed by atoms with Crippen molar-refractivity contribution in [3.63, 3.8) is 0 Å². The highest BCUT2D eigenvalue weighted by molar-refractivity contribution is 9.09. The first-order valence-electron chi connectivity index (χ1n) is 4.11. The summed E-state index contributed by atoms with van der Waals surface area (Å²) in [6, 6.07) is 0. The predicted molar refractivity (Wildman–Crippen MR) is 46.6 cm³/mol. The smallest absolute Gasteiger partial charge is 0.0576 e. The van der Waals surface area contributed by atoms with Gasteiger partial charge in [0.05, 0.1) is 6.10 Å². The number of hydrogen-bond acceptors (Lipinski definition) is 1. The van der Waals surface area contributed by atoms with Crippen LogP contribution in [0.1, 0.15) is 32.1 Å². The van der Waals surface area contributed by atoms with E-state index in [1.165, 1.54) is 32.1 Å². The van der Waals surface area contributed by atoms with Crippen molar-refractivity contribution in [3.8, 4) is 0 Å². The summed E-state index contributed by atoms with van der Waals surface area (Å²) in [4.78, 5) is 0. The topological polar surface area (TPSA) is 9.23 Å². The van der Waals surface area contributed by atoms with Crippen LogP contribution in [-0.4, -0.2) is 18.0 Å². The molecule has 0 saturated carbocycles. The Balaban J connectivity index is 1.91. The highest BCUT2D eigenvalue weighted by Gasteiger charge is 2.13. The molecule has 1 heterocycles. The van der Waals surface area contributed by atoms with Crippen LogP contribution in [0.5, 0.6) is 0 Å². The SMILES string of the molecule is BrCCCCC1CCCO1. The van der Waals surface area contributed by atoms with E-state index in [2.05, 4.69) is 15.9 Å². The van der Waals surface area contributed by atoms with Gasteiger partial charge in [0.15, 0.2) is 0 Å². The van der Waals surface area contributed by atoms with E-state index in [0.717, 1.165) is 11.9 Å². The van der Waals surface area contributed by atoms with E-state index >= 15 is 0 Å². The van der Waals surface area contributed by atoms with Crippen LogP contribution >= 0.6 is 15.9 Å². The maximum atomic E-state index is 5.48. The number of unbranched alkanes of at least 4 members (excludes halogenated alkanes) is 1. The molecule has 1 rings (SSSR count). The zero-order valence-corrected chi connectivity index (χ0v) is 7.90. The molecular formula is C8H15BrO. The molecule has 0 aromatic rings. The summed E-state index contributed by atoms with van der Waals surface area (Å²) in [5, 5.41) is 1.14. The van der Waals surface area contributed by atoms with Crippen molar-refractivity contribution in [3.05, 3.63) is 0 Å². The van der Waals surface area contributed by atoms with E-state index in [4.69, 9.17) is 4.74 Å². The molecule has 1 aliphatic rings. The molecule has 1 saturated heterocycles. The fraction of sp³-hybridized carbons (Fsp3) is 1.00. The first-order chi connectivity index (χ1) is 4.93. The molecule has 0 N–H and O–H groups in total. The van der Waals surface area contributed by atoms with Gasteiger partial charge in [-0.15, -0.1) is 0 Å². The highest BCUT2D eigenvalue weighted by Crippen LogP contribution is 2.17. The van der Waals surface area contributed by atoms with Gasteiger partial charge in [0.2, 0.25) is 0 Å². The highest BCUT2D eigenvalue weighted by atomic mass is 79.9. The van der Waals surface area contributed by atoms with Crippen molar-refractivity contribution >= 4 is 15.9 Å². The molecule has 0 aliphatic carbocycles. The first-order valence-corrected chi connectivity index (χ1v) is 5.23. The Bertz CT molecular complexity index is 79.3. The van der Waals surface area contributed by atoms with E-state index in [1.807, 2.05) is 0 Å². The maximum absolute atomic E-state index is 5.48. The number of halogens is 1. The summed E-state index contributed by atoms with van der Waals surface area (Å²) < 4.78 is 5.48. The van der Waals surface area contributed by atoms with Crippen molar-refractivity contribution in [1.82, 2.24) is 0 Å². The van der Waals surface area contributed by atoms with E-state index in [9.17, 15) is 0 Å². The van der Waals surface area contributed by atoms with Gasteiger partial charge in [-0.3, -0.25) is 0 Å². The lowest BCUT2D eigenvalue weighted by molar-refractivity contribution is 0.102. The minimum absolute atomic E-state index is 0.596. The van der Waals surface area contributed by atoms with Crippen LogP contribution in [0, 0.1) is 0 Å². The zero-order chi connectivity index (χ0) is 7.23. The molecule has 1 atom stereocenters. The molecule has 0 aromatic carbocycles. The van der Waals surface area contributed by atoms with Crippen LogP contribution in [0.25, 0.3) is 0 Å². The Hall–Kier alpha value is 0.440. The maximum Gasteiger partial charge on any atom is 0.0576 e. The zero-order valence-electron chi connectivity index (χ0n) is 6.31. The van der Waals surface area contributed by atoms with Gasteiger partial charge in [0.25, 0.3) is 0 Å². The minimum Gasteiger partial charge on any atom is -0.378 e. The third-order valence-electron chi connectivity index (χ3n) is 1.93. The van der Waals surface area contributed by atoms with Crippen LogP contribution in [0.3, 0.4) is 0 Å². The number of alkyl halides is 1. The van der Waals surface area contributed by atoms with Gasteiger partial charge in [0, 0.05) is 11.9 Å². The van der Waals surface area contributed by atoms with Gasteiger partial charge in [0.1, 0.15) is 0 Å². The van der Waals surface area contributed by atoms with Crippen molar-refractivity contribution in [2.24, 2.45) is 0 Å². The molecular weight excluding hydrogens is 192 g/mol. The van der Waals surface area contributed by atoms with Crippen molar-refractivity contribution < 1.29 is 4.74 Å². The number of rotatable bonds is 4. The van der Waals surface area contributed by atoms with E-state index < -0.39 is 0 Å². The Kier molecular flexibility index (Phi) is 4.39. The third kappa shape index (κ3) is 3.02. The summed E-state index contributed by atoms with van der Waals surface area (Å²) in [6.07, 6.45) is 7.04. The Labute approximate surface area is 71.3 Å². The molecule has 0 radical (unpaired) electrons. The molecule has 1 fully saturated rings. The second kappa shape index (κ2) is 5.14. The van der Waals surface area contributed by atoms with E-state index in [-0.39, 0.29) is 0 Å². The summed E-state index contributed by atoms with van der Waals surface area (Å²) in [7, 11) is 0. The number of hydrogen-bond donors (Lipinski definition) is 0. The predicted octanol–water partition coefficient (Wildman–Crippen LogP) is 2.73. The van der Waals surface area contributed by atoms with Gasteiger partial charge in [-0.1, -0.05) is 22.4 Å². The molecule has 1 aliphatic heterocycles. The third-order valence-corrected chi connectivity index (χ3v) is 2.49. The lowest BCUT2D eigenvalue weighted by Crippen LogP contribution is -2.03. The van der Waals surface area contributed by atoms with Crippen molar-refractivity contribution in [2.75, 3.05) is 11.9 Å². The lowest BCUT2D eigenvalue weighted by Gasteiger charge is -2.06. The summed E-state index contributed by atoms with van der Waals surface area (Å²) in [6.45, 7) is 0.999. The number of ether oxygens (including phenoxy) is 1. The molecule has 0 amide bonds. The van der Waals surface area contributed by atoms with Crippen molar-refractivity contribution in [2.45, 2.75) is 38.2 Å². The monoisotopic (exact) mass is 206 g/mol. The van der Waals surface area contributed by atoms with E-state index in [0.29, 0.717) is 6.10 Å². The standard InChI is InChI=1S/C8H15BrO/c9-6-2-1-4-8-5-3-7-10-8/h8H,1-7H2. The molecule has 0 aromatic heterocycles. The van der Waals surface area contributed by atoms with Crippen LogP contribution in [-0.2, 0) is 4.74 Å². The fourth-order valence-corrected chi connectivity index (χ4v) is 1.74. The normalized spacial score (nSPS) is 25.5. The molecule has 2 heteroatoms. The largest absolute Gasteiger partial charge is 0.378 e. The Morgan fingerprint density at radius 2 is 2.30 bits per heavy atom. The average molecular weight is 207 g/mol. The van der Waals surface area contributed by atoms with Crippen LogP contribution in [0.4, 0.5) is 0 Å². The molecule has 0 spiro atoms. The second-order valence-electron chi connectivity index (χ2n) is 2.82. The van der Waals surface area contributed by atoms with Crippen molar-refractivity contribution in [1.29, 1.82) is 0 Å². The fourth-order valence-electron chi connectivity index (χ4n) is 1.34. The average Bonchev–Trinajstić information content (AvgIpc) is 2.41. The minimum atomic E-state index is 0.596. The van der Waals surface area contributed by atoms with Crippen LogP contribution in [0.2, 0.25) is 0 Å². The van der Waals surface area contributed by atoms with Gasteiger partial charge in [-0.2, -0.15) is 0 Å². The first kappa shape index (κ1) is 8.54.